The number of carbonyl (C=O) groups is 4. The number of methoxy groups -OCH3 is 1. The van der Waals surface area contributed by atoms with E-state index in [0.29, 0.717) is 49.7 Å². The summed E-state index contributed by atoms with van der Waals surface area (Å²) in [4.78, 5) is 58.3. The fraction of sp³-hybridized carbons (Fsp3) is 0.533. The SMILES string of the molecule is C=CC12CN(C(=O)c3cc4c(OC)cccc4[nH]3)C(C(=O)NC(CC3CCCC3=O)C(=O)CNC3CC3)(C1)C2. The summed E-state index contributed by atoms with van der Waals surface area (Å²) < 4.78 is 5.45. The van der Waals surface area contributed by atoms with E-state index in [1.807, 2.05) is 24.3 Å². The van der Waals surface area contributed by atoms with E-state index in [-0.39, 0.29) is 41.3 Å². The maximum atomic E-state index is 14.0. The van der Waals surface area contributed by atoms with Crippen molar-refractivity contribution in [3.63, 3.8) is 0 Å². The Labute approximate surface area is 227 Å². The average Bonchev–Trinajstić information content (AvgIpc) is 3.24. The van der Waals surface area contributed by atoms with Crippen molar-refractivity contribution in [2.24, 2.45) is 11.3 Å². The predicted octanol–water partition coefficient (Wildman–Crippen LogP) is 2.90. The number of nitrogens with one attached hydrogen (secondary N) is 3. The van der Waals surface area contributed by atoms with Gasteiger partial charge < -0.3 is 25.3 Å². The molecule has 206 valence electrons. The lowest BCUT2D eigenvalue weighted by Crippen LogP contribution is -2.63. The van der Waals surface area contributed by atoms with Crippen molar-refractivity contribution in [2.45, 2.75) is 69.0 Å². The molecule has 2 aromatic rings. The molecule has 0 spiro atoms. The van der Waals surface area contributed by atoms with Gasteiger partial charge >= 0.3 is 0 Å². The number of amides is 2. The van der Waals surface area contributed by atoms with Crippen LogP contribution in [0.5, 0.6) is 5.75 Å². The summed E-state index contributed by atoms with van der Waals surface area (Å²) in [6.07, 6.45) is 7.29. The lowest BCUT2D eigenvalue weighted by atomic mass is 9.61. The fourth-order valence-electron chi connectivity index (χ4n) is 6.85. The largest absolute Gasteiger partial charge is 0.496 e. The number of aromatic nitrogens is 1. The first kappa shape index (κ1) is 25.8. The number of carbonyl (C=O) groups excluding carboxylic acids is 4. The van der Waals surface area contributed by atoms with Gasteiger partial charge in [-0.05, 0) is 63.1 Å². The van der Waals surface area contributed by atoms with Crippen molar-refractivity contribution < 1.29 is 23.9 Å². The molecule has 2 aliphatic heterocycles. The van der Waals surface area contributed by atoms with E-state index >= 15 is 0 Å². The van der Waals surface area contributed by atoms with Crippen molar-refractivity contribution in [1.82, 2.24) is 20.5 Å². The van der Waals surface area contributed by atoms with Gasteiger partial charge in [0.2, 0.25) is 5.91 Å². The Kier molecular flexibility index (Phi) is 6.37. The van der Waals surface area contributed by atoms with Gasteiger partial charge in [0, 0.05) is 41.2 Å². The van der Waals surface area contributed by atoms with Gasteiger partial charge in [-0.25, -0.2) is 0 Å². The van der Waals surface area contributed by atoms with Gasteiger partial charge in [0.1, 0.15) is 22.8 Å². The number of aromatic amines is 1. The number of H-pyrrole nitrogens is 1. The first-order valence-corrected chi connectivity index (χ1v) is 14.0. The number of benzene rings is 1. The maximum Gasteiger partial charge on any atom is 0.271 e. The Morgan fingerprint density at radius 1 is 1.26 bits per heavy atom. The van der Waals surface area contributed by atoms with E-state index in [1.54, 1.807) is 18.1 Å². The van der Waals surface area contributed by atoms with Gasteiger partial charge in [-0.1, -0.05) is 12.1 Å². The highest BCUT2D eigenvalue weighted by Gasteiger charge is 2.69. The van der Waals surface area contributed by atoms with Crippen LogP contribution in [0.1, 0.15) is 61.9 Å². The Balaban J connectivity index is 1.25. The maximum absolute atomic E-state index is 14.0. The number of fused-ring (bicyclic) bond motifs is 2. The molecule has 3 N–H and O–H groups in total. The zero-order chi connectivity index (χ0) is 27.4. The fourth-order valence-corrected chi connectivity index (χ4v) is 6.85. The average molecular weight is 533 g/mol. The molecule has 2 unspecified atom stereocenters. The summed E-state index contributed by atoms with van der Waals surface area (Å²) in [6.45, 7) is 4.54. The summed E-state index contributed by atoms with van der Waals surface area (Å²) >= 11 is 0. The standard InChI is InChI=1S/C30H36N4O5/c1-3-29-15-30(16-29,34(17-29)27(37)23-13-20-21(32-23)7-5-9-26(20)39-2)28(38)33-22(12-18-6-4-8-24(18)35)25(36)14-31-19-10-11-19/h3,5,7,9,13,18-19,22,31-32H,1,4,6,8,10-12,14-17H2,2H3,(H,33,38). The number of rotatable bonds is 11. The molecule has 3 aliphatic carbocycles. The van der Waals surface area contributed by atoms with E-state index in [4.69, 9.17) is 4.74 Å². The lowest BCUT2D eigenvalue weighted by molar-refractivity contribution is -0.138. The molecule has 0 radical (unpaired) electrons. The van der Waals surface area contributed by atoms with Crippen molar-refractivity contribution in [3.8, 4) is 5.75 Å². The Morgan fingerprint density at radius 3 is 2.72 bits per heavy atom. The topological polar surface area (TPSA) is 121 Å². The predicted molar refractivity (Wildman–Crippen MR) is 145 cm³/mol. The summed E-state index contributed by atoms with van der Waals surface area (Å²) in [7, 11) is 1.59. The van der Waals surface area contributed by atoms with E-state index in [2.05, 4.69) is 22.2 Å². The van der Waals surface area contributed by atoms with Gasteiger partial charge in [0.25, 0.3) is 5.91 Å². The number of hydrogen-bond donors (Lipinski definition) is 3. The van der Waals surface area contributed by atoms with Crippen molar-refractivity contribution in [1.29, 1.82) is 0 Å². The Morgan fingerprint density at radius 2 is 2.05 bits per heavy atom. The van der Waals surface area contributed by atoms with Gasteiger partial charge in [-0.2, -0.15) is 0 Å². The molecule has 5 aliphatic rings. The van der Waals surface area contributed by atoms with Crippen molar-refractivity contribution >= 4 is 34.3 Å². The monoisotopic (exact) mass is 532 g/mol. The van der Waals surface area contributed by atoms with Gasteiger partial charge in [-0.3, -0.25) is 19.2 Å². The summed E-state index contributed by atoms with van der Waals surface area (Å²) in [5, 5.41) is 7.05. The highest BCUT2D eigenvalue weighted by atomic mass is 16.5. The molecule has 2 bridgehead atoms. The Bertz CT molecular complexity index is 1350. The highest BCUT2D eigenvalue weighted by molar-refractivity contribution is 6.04. The van der Waals surface area contributed by atoms with Crippen LogP contribution in [0, 0.1) is 11.3 Å². The molecule has 3 saturated carbocycles. The number of nitrogens with zero attached hydrogens (tertiary/aromatic N) is 1. The number of ether oxygens (including phenoxy) is 1. The number of ketones is 2. The van der Waals surface area contributed by atoms with Crippen molar-refractivity contribution in [2.75, 3.05) is 20.2 Å². The van der Waals surface area contributed by atoms with Crippen LogP contribution >= 0.6 is 0 Å². The molecule has 1 aromatic carbocycles. The van der Waals surface area contributed by atoms with Crippen molar-refractivity contribution in [3.05, 3.63) is 42.6 Å². The quantitative estimate of drug-likeness (QED) is 0.383. The molecule has 1 aromatic heterocycles. The van der Waals surface area contributed by atoms with E-state index < -0.39 is 11.6 Å². The second-order valence-corrected chi connectivity index (χ2v) is 11.9. The Hall–Kier alpha value is -3.46. The first-order valence-electron chi connectivity index (χ1n) is 14.0. The van der Waals surface area contributed by atoms with Crippen LogP contribution in [0.3, 0.4) is 0 Å². The van der Waals surface area contributed by atoms with Crippen LogP contribution in [-0.4, -0.2) is 71.1 Å². The zero-order valence-corrected chi connectivity index (χ0v) is 22.4. The molecule has 39 heavy (non-hydrogen) atoms. The molecule has 9 nitrogen and oxygen atoms in total. The molecule has 2 atom stereocenters. The first-order chi connectivity index (χ1) is 18.8. The molecule has 2 amide bonds. The van der Waals surface area contributed by atoms with Crippen LogP contribution in [0.15, 0.2) is 36.9 Å². The van der Waals surface area contributed by atoms with Gasteiger partial charge in [0.05, 0.1) is 19.7 Å². The third-order valence-electron chi connectivity index (χ3n) is 9.24. The minimum atomic E-state index is -1.06. The van der Waals surface area contributed by atoms with E-state index in [1.165, 1.54) is 0 Å². The molecular weight excluding hydrogens is 496 g/mol. The van der Waals surface area contributed by atoms with Gasteiger partial charge in [-0.15, -0.1) is 6.58 Å². The summed E-state index contributed by atoms with van der Waals surface area (Å²) in [6, 6.07) is 6.92. The van der Waals surface area contributed by atoms with Crippen LogP contribution in [-0.2, 0) is 14.4 Å². The molecule has 2 saturated heterocycles. The molecule has 3 heterocycles. The minimum absolute atomic E-state index is 0.112. The van der Waals surface area contributed by atoms with E-state index in [9.17, 15) is 19.2 Å². The second kappa shape index (κ2) is 9.62. The van der Waals surface area contributed by atoms with Crippen LogP contribution < -0.4 is 15.4 Å². The number of Topliss-reactive ketones (excluding diaryl/α,β-unsaturated/α-hetero) is 2. The molecule has 5 fully saturated rings. The van der Waals surface area contributed by atoms with Gasteiger partial charge in [0.15, 0.2) is 5.78 Å². The molecular formula is C30H36N4O5. The lowest BCUT2D eigenvalue weighted by Gasteiger charge is -2.45. The normalized spacial score (nSPS) is 28.3. The third-order valence-corrected chi connectivity index (χ3v) is 9.24. The van der Waals surface area contributed by atoms with Crippen LogP contribution in [0.4, 0.5) is 0 Å². The number of hydrogen-bond acceptors (Lipinski definition) is 6. The molecule has 7 rings (SSSR count). The zero-order valence-electron chi connectivity index (χ0n) is 22.4. The van der Waals surface area contributed by atoms with Crippen LogP contribution in [0.2, 0.25) is 0 Å². The summed E-state index contributed by atoms with van der Waals surface area (Å²) in [5.74, 6) is -0.0976. The highest BCUT2D eigenvalue weighted by Crippen LogP contribution is 2.60. The smallest absolute Gasteiger partial charge is 0.271 e. The molecule has 9 heteroatoms. The summed E-state index contributed by atoms with van der Waals surface area (Å²) in [5.41, 5.74) is -0.234. The minimum Gasteiger partial charge on any atom is -0.496 e. The second-order valence-electron chi connectivity index (χ2n) is 11.9. The van der Waals surface area contributed by atoms with E-state index in [0.717, 1.165) is 36.6 Å². The third kappa shape index (κ3) is 4.46. The van der Waals surface area contributed by atoms with Crippen LogP contribution in [0.25, 0.3) is 10.9 Å².